The lowest BCUT2D eigenvalue weighted by Crippen LogP contribution is -2.31. The molecule has 0 aromatic heterocycles. The van der Waals surface area contributed by atoms with Crippen LogP contribution < -0.4 is 20.1 Å². The van der Waals surface area contributed by atoms with Crippen molar-refractivity contribution in [3.8, 4) is 11.5 Å². The molecule has 142 valence electrons. The van der Waals surface area contributed by atoms with Gasteiger partial charge in [0.05, 0.1) is 0 Å². The van der Waals surface area contributed by atoms with E-state index < -0.39 is 0 Å². The minimum atomic E-state index is -0.202. The van der Waals surface area contributed by atoms with E-state index in [0.29, 0.717) is 35.7 Å². The van der Waals surface area contributed by atoms with E-state index in [1.165, 1.54) is 0 Å². The summed E-state index contributed by atoms with van der Waals surface area (Å²) in [5.41, 5.74) is 1.95. The highest BCUT2D eigenvalue weighted by Crippen LogP contribution is 2.32. The van der Waals surface area contributed by atoms with E-state index in [0.717, 1.165) is 12.1 Å². The van der Waals surface area contributed by atoms with Gasteiger partial charge in [0.25, 0.3) is 11.8 Å². The van der Waals surface area contributed by atoms with Gasteiger partial charge < -0.3 is 25.0 Å². The van der Waals surface area contributed by atoms with Crippen LogP contribution in [0.25, 0.3) is 0 Å². The van der Waals surface area contributed by atoms with E-state index in [-0.39, 0.29) is 18.6 Å². The van der Waals surface area contributed by atoms with Crippen LogP contribution in [0.5, 0.6) is 11.5 Å². The zero-order valence-electron chi connectivity index (χ0n) is 15.5. The molecule has 0 saturated heterocycles. The Morgan fingerprint density at radius 3 is 2.22 bits per heavy atom. The zero-order chi connectivity index (χ0) is 19.2. The summed E-state index contributed by atoms with van der Waals surface area (Å²) >= 11 is 0. The summed E-state index contributed by atoms with van der Waals surface area (Å²) in [5, 5.41) is 5.70. The van der Waals surface area contributed by atoms with Gasteiger partial charge in [-0.1, -0.05) is 6.07 Å². The molecule has 1 aliphatic heterocycles. The Morgan fingerprint density at radius 2 is 1.56 bits per heavy atom. The average molecular weight is 369 g/mol. The van der Waals surface area contributed by atoms with E-state index in [1.807, 2.05) is 37.2 Å². The molecule has 0 bridgehead atoms. The molecular formula is C20H23N3O4. The molecule has 2 aromatic carbocycles. The molecule has 2 amide bonds. The van der Waals surface area contributed by atoms with Crippen LogP contribution in [0.2, 0.25) is 0 Å². The molecule has 1 heterocycles. The smallest absolute Gasteiger partial charge is 0.251 e. The number of carbonyl (C=O) groups excluding carboxylic acids is 2. The number of rotatable bonds is 7. The Kier molecular flexibility index (Phi) is 5.93. The lowest BCUT2D eigenvalue weighted by Gasteiger charge is -2.10. The number of nitrogens with zero attached hydrogens (tertiary/aromatic N) is 1. The summed E-state index contributed by atoms with van der Waals surface area (Å²) in [6.45, 7) is 1.94. The highest BCUT2D eigenvalue weighted by atomic mass is 16.7. The molecule has 7 nitrogen and oxygen atoms in total. The highest BCUT2D eigenvalue weighted by Gasteiger charge is 2.14. The summed E-state index contributed by atoms with van der Waals surface area (Å²) in [7, 11) is 3.90. The van der Waals surface area contributed by atoms with Crippen LogP contribution in [0.1, 0.15) is 26.3 Å². The number of hydrogen-bond donors (Lipinski definition) is 2. The van der Waals surface area contributed by atoms with Gasteiger partial charge in [-0.2, -0.15) is 0 Å². The number of likely N-dealkylation sites (N-methyl/N-ethyl adjacent to an activating group) is 1. The third-order valence-electron chi connectivity index (χ3n) is 4.14. The Hall–Kier alpha value is -3.06. The summed E-state index contributed by atoms with van der Waals surface area (Å²) in [5.74, 6) is 1.05. The third kappa shape index (κ3) is 4.98. The maximum absolute atomic E-state index is 12.3. The first-order valence-corrected chi connectivity index (χ1v) is 8.72. The van der Waals surface area contributed by atoms with Gasteiger partial charge in [0.1, 0.15) is 0 Å². The topological polar surface area (TPSA) is 79.9 Å². The molecule has 0 atom stereocenters. The Morgan fingerprint density at radius 1 is 0.926 bits per heavy atom. The first kappa shape index (κ1) is 18.7. The number of ether oxygens (including phenoxy) is 2. The average Bonchev–Trinajstić information content (AvgIpc) is 3.13. The van der Waals surface area contributed by atoms with Crippen LogP contribution in [0, 0.1) is 0 Å². The van der Waals surface area contributed by atoms with E-state index in [9.17, 15) is 9.59 Å². The second kappa shape index (κ2) is 8.55. The van der Waals surface area contributed by atoms with Crippen molar-refractivity contribution in [2.45, 2.75) is 6.54 Å². The maximum atomic E-state index is 12.3. The van der Waals surface area contributed by atoms with Crippen LogP contribution >= 0.6 is 0 Å². The predicted octanol–water partition coefficient (Wildman–Crippen LogP) is 1.64. The monoisotopic (exact) mass is 369 g/mol. The van der Waals surface area contributed by atoms with Crippen molar-refractivity contribution in [3.05, 3.63) is 59.2 Å². The molecule has 2 aromatic rings. The van der Waals surface area contributed by atoms with E-state index >= 15 is 0 Å². The normalized spacial score (nSPS) is 12.1. The third-order valence-corrected chi connectivity index (χ3v) is 4.14. The molecule has 2 N–H and O–H groups in total. The van der Waals surface area contributed by atoms with Crippen molar-refractivity contribution < 1.29 is 19.1 Å². The minimum absolute atomic E-state index is 0.149. The summed E-state index contributed by atoms with van der Waals surface area (Å²) < 4.78 is 10.6. The summed E-state index contributed by atoms with van der Waals surface area (Å²) in [4.78, 5) is 26.4. The van der Waals surface area contributed by atoms with Gasteiger partial charge in [0.15, 0.2) is 11.5 Å². The molecule has 0 unspecified atom stereocenters. The van der Waals surface area contributed by atoms with Gasteiger partial charge in [0, 0.05) is 30.8 Å². The van der Waals surface area contributed by atoms with Crippen molar-refractivity contribution >= 4 is 11.8 Å². The largest absolute Gasteiger partial charge is 0.454 e. The first-order chi connectivity index (χ1) is 13.0. The maximum Gasteiger partial charge on any atom is 0.251 e. The minimum Gasteiger partial charge on any atom is -0.454 e. The second-order valence-electron chi connectivity index (χ2n) is 6.51. The number of carbonyl (C=O) groups is 2. The second-order valence-corrected chi connectivity index (χ2v) is 6.51. The fourth-order valence-corrected chi connectivity index (χ4v) is 2.60. The van der Waals surface area contributed by atoms with Gasteiger partial charge in [-0.15, -0.1) is 0 Å². The van der Waals surface area contributed by atoms with Crippen molar-refractivity contribution in [1.82, 2.24) is 15.5 Å². The van der Waals surface area contributed by atoms with Gasteiger partial charge in [0.2, 0.25) is 6.79 Å². The fraction of sp³-hybridized carbons (Fsp3) is 0.300. The SMILES string of the molecule is CN(C)CCNC(=O)c1ccc(C(=O)NCc2ccc3c(c2)OCO3)cc1. The zero-order valence-corrected chi connectivity index (χ0v) is 15.5. The van der Waals surface area contributed by atoms with Crippen molar-refractivity contribution in [3.63, 3.8) is 0 Å². The highest BCUT2D eigenvalue weighted by molar-refractivity contribution is 5.97. The van der Waals surface area contributed by atoms with Gasteiger partial charge >= 0.3 is 0 Å². The number of fused-ring (bicyclic) bond motifs is 1. The van der Waals surface area contributed by atoms with Crippen LogP contribution in [0.3, 0.4) is 0 Å². The number of amides is 2. The Bertz CT molecular complexity index is 818. The van der Waals surface area contributed by atoms with E-state index in [2.05, 4.69) is 10.6 Å². The Labute approximate surface area is 158 Å². The van der Waals surface area contributed by atoms with Gasteiger partial charge in [-0.05, 0) is 56.1 Å². The molecule has 0 aliphatic carbocycles. The van der Waals surface area contributed by atoms with Crippen LogP contribution in [0.15, 0.2) is 42.5 Å². The van der Waals surface area contributed by atoms with E-state index in [4.69, 9.17) is 9.47 Å². The molecule has 0 saturated carbocycles. The molecular weight excluding hydrogens is 346 g/mol. The van der Waals surface area contributed by atoms with Gasteiger partial charge in [-0.25, -0.2) is 0 Å². The van der Waals surface area contributed by atoms with Crippen LogP contribution in [0.4, 0.5) is 0 Å². The van der Waals surface area contributed by atoms with Gasteiger partial charge in [-0.3, -0.25) is 9.59 Å². The molecule has 27 heavy (non-hydrogen) atoms. The summed E-state index contributed by atoms with van der Waals surface area (Å²) in [6, 6.07) is 12.2. The first-order valence-electron chi connectivity index (χ1n) is 8.72. The number of nitrogens with one attached hydrogen (secondary N) is 2. The number of hydrogen-bond acceptors (Lipinski definition) is 5. The molecule has 1 aliphatic rings. The summed E-state index contributed by atoms with van der Waals surface area (Å²) in [6.07, 6.45) is 0. The quantitative estimate of drug-likeness (QED) is 0.776. The van der Waals surface area contributed by atoms with Crippen LogP contribution in [-0.4, -0.2) is 50.7 Å². The standard InChI is InChI=1S/C20H23N3O4/c1-23(2)10-9-21-19(24)15-4-6-16(7-5-15)20(25)22-12-14-3-8-17-18(11-14)27-13-26-17/h3-8,11H,9-10,12-13H2,1-2H3,(H,21,24)(H,22,25). The van der Waals surface area contributed by atoms with E-state index in [1.54, 1.807) is 24.3 Å². The molecule has 0 radical (unpaired) electrons. The lowest BCUT2D eigenvalue weighted by atomic mass is 10.1. The molecule has 3 rings (SSSR count). The lowest BCUT2D eigenvalue weighted by molar-refractivity contribution is 0.0939. The van der Waals surface area contributed by atoms with Crippen LogP contribution in [-0.2, 0) is 6.54 Å². The molecule has 0 fully saturated rings. The number of benzene rings is 2. The molecule has 0 spiro atoms. The fourth-order valence-electron chi connectivity index (χ4n) is 2.60. The van der Waals surface area contributed by atoms with Crippen molar-refractivity contribution in [2.24, 2.45) is 0 Å². The molecule has 7 heteroatoms. The van der Waals surface area contributed by atoms with Crippen molar-refractivity contribution in [1.29, 1.82) is 0 Å². The Balaban J connectivity index is 1.52. The predicted molar refractivity (Wildman–Crippen MR) is 101 cm³/mol. The van der Waals surface area contributed by atoms with Crippen molar-refractivity contribution in [2.75, 3.05) is 34.0 Å².